The van der Waals surface area contributed by atoms with E-state index in [-0.39, 0.29) is 23.6 Å². The maximum atomic E-state index is 13.0. The Kier molecular flexibility index (Phi) is 4.84. The van der Waals surface area contributed by atoms with Crippen LogP contribution < -0.4 is 10.9 Å². The van der Waals surface area contributed by atoms with Crippen molar-refractivity contribution in [2.24, 2.45) is 0 Å². The van der Waals surface area contributed by atoms with E-state index in [1.165, 1.54) is 0 Å². The van der Waals surface area contributed by atoms with Gasteiger partial charge in [0.2, 0.25) is 0 Å². The Morgan fingerprint density at radius 3 is 2.38 bits per heavy atom. The number of pyridine rings is 1. The highest BCUT2D eigenvalue weighted by atomic mass is 16.1. The lowest BCUT2D eigenvalue weighted by atomic mass is 10.1. The minimum atomic E-state index is -0.189. The molecule has 2 aromatic heterocycles. The lowest BCUT2D eigenvalue weighted by molar-refractivity contribution is 0.0943. The number of benzene rings is 1. The molecule has 0 aliphatic heterocycles. The molecule has 0 unspecified atom stereocenters. The van der Waals surface area contributed by atoms with Gasteiger partial charge in [-0.3, -0.25) is 14.2 Å². The molecule has 0 spiro atoms. The van der Waals surface area contributed by atoms with Gasteiger partial charge in [-0.15, -0.1) is 0 Å². The molecule has 26 heavy (non-hydrogen) atoms. The van der Waals surface area contributed by atoms with Crippen LogP contribution in [0.3, 0.4) is 0 Å². The minimum Gasteiger partial charge on any atom is -0.350 e. The number of fused-ring (bicyclic) bond motifs is 1. The average Bonchev–Trinajstić information content (AvgIpc) is 2.60. The molecule has 0 atom stereocenters. The molecule has 0 bridgehead atoms. The van der Waals surface area contributed by atoms with Gasteiger partial charge in [0.05, 0.1) is 0 Å². The highest BCUT2D eigenvalue weighted by molar-refractivity contribution is 5.94. The summed E-state index contributed by atoms with van der Waals surface area (Å²) in [5, 5.41) is 2.85. The number of carbonyl (C=O) groups is 1. The van der Waals surface area contributed by atoms with Crippen LogP contribution in [0.4, 0.5) is 0 Å². The summed E-state index contributed by atoms with van der Waals surface area (Å²) in [7, 11) is 0. The third-order valence-electron chi connectivity index (χ3n) is 4.00. The summed E-state index contributed by atoms with van der Waals surface area (Å²) in [6, 6.07) is 10.6. The Morgan fingerprint density at radius 1 is 1.08 bits per heavy atom. The van der Waals surface area contributed by atoms with E-state index in [4.69, 9.17) is 0 Å². The number of hydrogen-bond donors (Lipinski definition) is 1. The largest absolute Gasteiger partial charge is 0.350 e. The van der Waals surface area contributed by atoms with Crippen molar-refractivity contribution < 1.29 is 4.79 Å². The van der Waals surface area contributed by atoms with Gasteiger partial charge in [-0.25, -0.2) is 9.97 Å². The van der Waals surface area contributed by atoms with Crippen LogP contribution in [-0.2, 0) is 0 Å². The highest BCUT2D eigenvalue weighted by Gasteiger charge is 2.16. The van der Waals surface area contributed by atoms with Crippen LogP contribution in [0, 0.1) is 0 Å². The molecule has 134 valence electrons. The number of aromatic nitrogens is 3. The number of nitrogens with zero attached hydrogens (tertiary/aromatic N) is 3. The van der Waals surface area contributed by atoms with Gasteiger partial charge in [-0.2, -0.15) is 0 Å². The Balaban J connectivity index is 2.10. The first kappa shape index (κ1) is 17.8. The quantitative estimate of drug-likeness (QED) is 0.784. The minimum absolute atomic E-state index is 0.0438. The van der Waals surface area contributed by atoms with Crippen LogP contribution in [0.15, 0.2) is 47.4 Å². The zero-order valence-electron chi connectivity index (χ0n) is 15.4. The van der Waals surface area contributed by atoms with Crippen LogP contribution in [0.2, 0.25) is 0 Å². The van der Waals surface area contributed by atoms with Crippen molar-refractivity contribution in [3.8, 4) is 11.3 Å². The first-order valence-corrected chi connectivity index (χ1v) is 8.67. The zero-order valence-corrected chi connectivity index (χ0v) is 15.4. The molecule has 3 rings (SSSR count). The summed E-state index contributed by atoms with van der Waals surface area (Å²) in [5.74, 6) is -0.137. The number of hydrogen-bond acceptors (Lipinski definition) is 4. The molecule has 1 aromatic carbocycles. The lowest BCUT2D eigenvalue weighted by Crippen LogP contribution is -2.30. The second-order valence-corrected chi connectivity index (χ2v) is 6.78. The summed E-state index contributed by atoms with van der Waals surface area (Å²) in [6.07, 6.45) is 1.66. The topological polar surface area (TPSA) is 76.9 Å². The van der Waals surface area contributed by atoms with E-state index >= 15 is 0 Å². The van der Waals surface area contributed by atoms with E-state index in [2.05, 4.69) is 15.3 Å². The second-order valence-electron chi connectivity index (χ2n) is 6.78. The lowest BCUT2D eigenvalue weighted by Gasteiger charge is -2.14. The van der Waals surface area contributed by atoms with Crippen molar-refractivity contribution >= 4 is 17.1 Å². The van der Waals surface area contributed by atoms with E-state index in [9.17, 15) is 9.59 Å². The monoisotopic (exact) mass is 350 g/mol. The standard InChI is InChI=1S/C20H22N4O2/c1-12(2)22-19(25)15-9-7-14(8-10-15)17-20(26)24(13(3)4)18-16(23-17)6-5-11-21-18/h5-13H,1-4H3,(H,22,25). The third-order valence-corrected chi connectivity index (χ3v) is 4.00. The van der Waals surface area contributed by atoms with Crippen molar-refractivity contribution in [1.82, 2.24) is 19.9 Å². The molecule has 0 radical (unpaired) electrons. The highest BCUT2D eigenvalue weighted by Crippen LogP contribution is 2.19. The molecule has 6 heteroatoms. The van der Waals surface area contributed by atoms with Gasteiger partial charge >= 0.3 is 0 Å². The Morgan fingerprint density at radius 2 is 1.77 bits per heavy atom. The van der Waals surface area contributed by atoms with Crippen molar-refractivity contribution in [2.75, 3.05) is 0 Å². The zero-order chi connectivity index (χ0) is 18.8. The van der Waals surface area contributed by atoms with Gasteiger partial charge < -0.3 is 5.32 Å². The maximum Gasteiger partial charge on any atom is 0.278 e. The van der Waals surface area contributed by atoms with Crippen LogP contribution in [0.25, 0.3) is 22.4 Å². The fourth-order valence-electron chi connectivity index (χ4n) is 2.83. The molecule has 2 heterocycles. The van der Waals surface area contributed by atoms with E-state index in [1.807, 2.05) is 33.8 Å². The fourth-order valence-corrected chi connectivity index (χ4v) is 2.83. The summed E-state index contributed by atoms with van der Waals surface area (Å²) >= 11 is 0. The van der Waals surface area contributed by atoms with Gasteiger partial charge in [-0.1, -0.05) is 12.1 Å². The van der Waals surface area contributed by atoms with Crippen LogP contribution in [0.5, 0.6) is 0 Å². The maximum absolute atomic E-state index is 13.0. The van der Waals surface area contributed by atoms with Crippen molar-refractivity contribution in [2.45, 2.75) is 39.8 Å². The van der Waals surface area contributed by atoms with E-state index in [0.717, 1.165) is 0 Å². The number of nitrogens with one attached hydrogen (secondary N) is 1. The normalized spacial score (nSPS) is 11.3. The Bertz CT molecular complexity index is 1000. The molecule has 0 fully saturated rings. The summed E-state index contributed by atoms with van der Waals surface area (Å²) in [6.45, 7) is 7.71. The molecular weight excluding hydrogens is 328 g/mol. The molecule has 6 nitrogen and oxygen atoms in total. The molecule has 0 aliphatic carbocycles. The van der Waals surface area contributed by atoms with Gasteiger partial charge in [0.15, 0.2) is 5.65 Å². The van der Waals surface area contributed by atoms with E-state index in [1.54, 1.807) is 41.1 Å². The van der Waals surface area contributed by atoms with Crippen LogP contribution in [-0.4, -0.2) is 26.5 Å². The summed E-state index contributed by atoms with van der Waals surface area (Å²) in [5.41, 5.74) is 2.63. The smallest absolute Gasteiger partial charge is 0.278 e. The average molecular weight is 350 g/mol. The SMILES string of the molecule is CC(C)NC(=O)c1ccc(-c2nc3cccnc3n(C(C)C)c2=O)cc1. The van der Waals surface area contributed by atoms with Crippen molar-refractivity contribution in [3.05, 3.63) is 58.5 Å². The van der Waals surface area contributed by atoms with Gasteiger partial charge in [0, 0.05) is 29.4 Å². The molecule has 1 amide bonds. The van der Waals surface area contributed by atoms with Crippen LogP contribution >= 0.6 is 0 Å². The van der Waals surface area contributed by atoms with E-state index in [0.29, 0.717) is 28.0 Å². The number of amides is 1. The molecule has 1 N–H and O–H groups in total. The molecule has 3 aromatic rings. The number of rotatable bonds is 4. The van der Waals surface area contributed by atoms with Gasteiger partial charge in [-0.05, 0) is 52.0 Å². The second kappa shape index (κ2) is 7.07. The fraction of sp³-hybridized carbons (Fsp3) is 0.300. The summed E-state index contributed by atoms with van der Waals surface area (Å²) < 4.78 is 1.65. The van der Waals surface area contributed by atoms with Gasteiger partial charge in [0.25, 0.3) is 11.5 Å². The molecular formula is C20H22N4O2. The predicted octanol–water partition coefficient (Wildman–Crippen LogP) is 3.18. The molecule has 0 saturated heterocycles. The van der Waals surface area contributed by atoms with Crippen molar-refractivity contribution in [3.63, 3.8) is 0 Å². The molecule has 0 saturated carbocycles. The number of carbonyl (C=O) groups excluding carboxylic acids is 1. The van der Waals surface area contributed by atoms with Gasteiger partial charge in [0.1, 0.15) is 11.2 Å². The first-order valence-electron chi connectivity index (χ1n) is 8.67. The first-order chi connectivity index (χ1) is 12.4. The van der Waals surface area contributed by atoms with Crippen LogP contribution in [0.1, 0.15) is 44.1 Å². The van der Waals surface area contributed by atoms with E-state index < -0.39 is 0 Å². The Labute approximate surface area is 151 Å². The molecule has 0 aliphatic rings. The predicted molar refractivity (Wildman–Crippen MR) is 102 cm³/mol. The van der Waals surface area contributed by atoms with Crippen molar-refractivity contribution in [1.29, 1.82) is 0 Å². The third kappa shape index (κ3) is 3.35. The Hall–Kier alpha value is -3.02. The summed E-state index contributed by atoms with van der Waals surface area (Å²) in [4.78, 5) is 33.9.